The fourth-order valence-electron chi connectivity index (χ4n) is 5.86. The minimum atomic E-state index is -4.44. The van der Waals surface area contributed by atoms with Crippen molar-refractivity contribution in [3.63, 3.8) is 0 Å². The molecule has 6 nitrogen and oxygen atoms in total. The van der Waals surface area contributed by atoms with Crippen molar-refractivity contribution in [1.82, 2.24) is 0 Å². The van der Waals surface area contributed by atoms with Gasteiger partial charge in [0.2, 0.25) is 0 Å². The fraction of sp³-hybridized carbons (Fsp3) is 0.444. The number of hydrogen-bond acceptors (Lipinski definition) is 6. The first-order valence-electron chi connectivity index (χ1n) is 16.0. The van der Waals surface area contributed by atoms with Gasteiger partial charge in [-0.25, -0.2) is 16.8 Å². The van der Waals surface area contributed by atoms with Crippen molar-refractivity contribution in [2.75, 3.05) is 0 Å². The Bertz CT molecular complexity index is 1630. The molecule has 0 atom stereocenters. The molecule has 0 aliphatic rings. The average Bonchev–Trinajstić information content (AvgIpc) is 2.99. The van der Waals surface area contributed by atoms with Crippen LogP contribution >= 0.6 is 0 Å². The van der Waals surface area contributed by atoms with Crippen molar-refractivity contribution in [2.24, 2.45) is 0 Å². The summed E-state index contributed by atoms with van der Waals surface area (Å²) in [6.45, 7) is 8.40. The predicted molar refractivity (Wildman–Crippen MR) is 184 cm³/mol. The fourth-order valence-corrected chi connectivity index (χ4v) is 7.34. The summed E-state index contributed by atoms with van der Waals surface area (Å²) in [5.41, 5.74) is 3.72. The summed E-state index contributed by atoms with van der Waals surface area (Å²) in [5.74, 6) is 0. The van der Waals surface area contributed by atoms with E-state index in [1.807, 2.05) is 24.3 Å². The van der Waals surface area contributed by atoms with Crippen LogP contribution < -0.4 is 0 Å². The van der Waals surface area contributed by atoms with Crippen LogP contribution in [0.25, 0.3) is 21.5 Å². The third-order valence-electron chi connectivity index (χ3n) is 8.09. The van der Waals surface area contributed by atoms with Crippen molar-refractivity contribution < 1.29 is 25.9 Å². The van der Waals surface area contributed by atoms with Crippen LogP contribution in [0.1, 0.15) is 101 Å². The minimum absolute atomic E-state index is 0. The molecule has 0 aliphatic heterocycles. The van der Waals surface area contributed by atoms with Crippen molar-refractivity contribution >= 4 is 79.5 Å². The van der Waals surface area contributed by atoms with Crippen LogP contribution in [-0.2, 0) is 45.9 Å². The molecule has 0 spiro atoms. The van der Waals surface area contributed by atoms with Crippen LogP contribution in [0.2, 0.25) is 0 Å². The van der Waals surface area contributed by atoms with Gasteiger partial charge in [-0.2, -0.15) is 0 Å². The van der Waals surface area contributed by atoms with Crippen LogP contribution in [0, 0.1) is 0 Å². The molecule has 0 aliphatic carbocycles. The van der Waals surface area contributed by atoms with Crippen molar-refractivity contribution in [2.45, 2.75) is 115 Å². The number of benzene rings is 4. The van der Waals surface area contributed by atoms with E-state index in [4.69, 9.17) is 0 Å². The Hall–Kier alpha value is -1.52. The molecule has 0 unspecified atom stereocenters. The predicted octanol–water partition coefficient (Wildman–Crippen LogP) is 8.48. The SMILES string of the molecule is CCCCc1cccc2ccc(S(=O)(=O)[O-])c(CCCC)c12.CCCCc1cccc2ccc(S(=O)(=O)[O-])c(CCCC)c12.[Ca+2]. The Morgan fingerprint density at radius 1 is 0.489 bits per heavy atom. The van der Waals surface area contributed by atoms with Gasteiger partial charge in [-0.15, -0.1) is 0 Å². The van der Waals surface area contributed by atoms with Gasteiger partial charge in [-0.1, -0.05) is 102 Å². The van der Waals surface area contributed by atoms with Crippen LogP contribution in [0.15, 0.2) is 70.5 Å². The molecular formula is C36H46CaO6S2. The average molecular weight is 679 g/mol. The number of hydrogen-bond donors (Lipinski definition) is 0. The summed E-state index contributed by atoms with van der Waals surface area (Å²) in [5, 5.41) is 3.99. The zero-order valence-electron chi connectivity index (χ0n) is 27.2. The molecule has 0 saturated carbocycles. The van der Waals surface area contributed by atoms with E-state index in [1.54, 1.807) is 12.1 Å². The quantitative estimate of drug-likeness (QED) is 0.0976. The number of unbranched alkanes of at least 4 members (excludes halogenated alkanes) is 4. The van der Waals surface area contributed by atoms with Crippen LogP contribution in [0.4, 0.5) is 0 Å². The third-order valence-corrected chi connectivity index (χ3v) is 9.93. The Labute approximate surface area is 300 Å². The van der Waals surface area contributed by atoms with Crippen LogP contribution in [0.3, 0.4) is 0 Å². The first-order chi connectivity index (χ1) is 21.0. The molecule has 0 fully saturated rings. The summed E-state index contributed by atoms with van der Waals surface area (Å²) >= 11 is 0. The molecule has 4 rings (SSSR count). The van der Waals surface area contributed by atoms with Crippen LogP contribution in [-0.4, -0.2) is 63.7 Å². The first-order valence-corrected chi connectivity index (χ1v) is 18.8. The van der Waals surface area contributed by atoms with Gasteiger partial charge in [0.05, 0.1) is 9.79 Å². The monoisotopic (exact) mass is 678 g/mol. The molecule has 0 aromatic heterocycles. The molecule has 0 radical (unpaired) electrons. The summed E-state index contributed by atoms with van der Waals surface area (Å²) in [6, 6.07) is 18.5. The summed E-state index contributed by atoms with van der Waals surface area (Å²) in [6.07, 6.45) is 11.1. The Kier molecular flexibility index (Phi) is 16.5. The molecule has 0 heterocycles. The summed E-state index contributed by atoms with van der Waals surface area (Å²) in [7, 11) is -8.89. The van der Waals surface area contributed by atoms with Crippen molar-refractivity contribution in [3.05, 3.63) is 82.9 Å². The molecule has 240 valence electrons. The maximum absolute atomic E-state index is 11.6. The van der Waals surface area contributed by atoms with Gasteiger partial charge in [0.25, 0.3) is 0 Å². The first kappa shape index (κ1) is 39.7. The van der Waals surface area contributed by atoms with Crippen molar-refractivity contribution in [3.8, 4) is 0 Å². The molecule has 9 heteroatoms. The van der Waals surface area contributed by atoms with Gasteiger partial charge in [-0.05, 0) is 107 Å². The van der Waals surface area contributed by atoms with E-state index in [2.05, 4.69) is 39.8 Å². The van der Waals surface area contributed by atoms with Gasteiger partial charge in [0.15, 0.2) is 0 Å². The van der Waals surface area contributed by atoms with E-state index >= 15 is 0 Å². The van der Waals surface area contributed by atoms with Gasteiger partial charge in [0.1, 0.15) is 20.2 Å². The molecule has 4 aromatic carbocycles. The molecule has 0 N–H and O–H groups in total. The van der Waals surface area contributed by atoms with Gasteiger partial charge >= 0.3 is 37.7 Å². The van der Waals surface area contributed by atoms with Gasteiger partial charge < -0.3 is 9.11 Å². The second kappa shape index (κ2) is 18.7. The topological polar surface area (TPSA) is 114 Å². The Balaban J connectivity index is 0.000000307. The van der Waals surface area contributed by atoms with E-state index in [0.29, 0.717) is 24.0 Å². The second-order valence-corrected chi connectivity index (χ2v) is 14.1. The number of rotatable bonds is 14. The second-order valence-electron chi connectivity index (χ2n) is 11.4. The van der Waals surface area contributed by atoms with E-state index in [0.717, 1.165) is 96.9 Å². The molecule has 4 aromatic rings. The van der Waals surface area contributed by atoms with Crippen molar-refractivity contribution in [1.29, 1.82) is 0 Å². The van der Waals surface area contributed by atoms with Gasteiger partial charge in [0, 0.05) is 0 Å². The number of fused-ring (bicyclic) bond motifs is 2. The maximum Gasteiger partial charge on any atom is 2.00 e. The van der Waals surface area contributed by atoms with Crippen LogP contribution in [0.5, 0.6) is 0 Å². The van der Waals surface area contributed by atoms with E-state index in [1.165, 1.54) is 12.1 Å². The normalized spacial score (nSPS) is 11.7. The maximum atomic E-state index is 11.6. The molecule has 45 heavy (non-hydrogen) atoms. The van der Waals surface area contributed by atoms with Gasteiger partial charge in [-0.3, -0.25) is 0 Å². The van der Waals surface area contributed by atoms with E-state index < -0.39 is 20.2 Å². The van der Waals surface area contributed by atoms with E-state index in [-0.39, 0.29) is 47.5 Å². The largest absolute Gasteiger partial charge is 2.00 e. The summed E-state index contributed by atoms with van der Waals surface area (Å²) < 4.78 is 69.8. The zero-order chi connectivity index (χ0) is 32.3. The molecular weight excluding hydrogens is 633 g/mol. The number of aryl methyl sites for hydroxylation is 4. The summed E-state index contributed by atoms with van der Waals surface area (Å²) in [4.78, 5) is -0.0882. The third kappa shape index (κ3) is 10.7. The zero-order valence-corrected chi connectivity index (χ0v) is 31.1. The Morgan fingerprint density at radius 2 is 0.822 bits per heavy atom. The smallest absolute Gasteiger partial charge is 0.744 e. The molecule has 0 bridgehead atoms. The molecule has 0 amide bonds. The minimum Gasteiger partial charge on any atom is -0.744 e. The van der Waals surface area contributed by atoms with E-state index in [9.17, 15) is 25.9 Å². The molecule has 0 saturated heterocycles. The Morgan fingerprint density at radius 3 is 1.13 bits per heavy atom. The standard InChI is InChI=1S/2C18H24O3S.Ca/c2*1-3-5-8-14-9-7-10-15-12-13-17(22(19,20)21)16(18(14)15)11-6-4-2;/h2*7,9-10,12-13H,3-6,8,11H2,1-2H3,(H,19,20,21);/q;;+2/p-2.